The molecule has 0 saturated carbocycles. The molecule has 0 aliphatic carbocycles. The Labute approximate surface area is 163 Å². The van der Waals surface area contributed by atoms with Crippen molar-refractivity contribution < 1.29 is 24.9 Å². The van der Waals surface area contributed by atoms with Crippen molar-refractivity contribution in [2.75, 3.05) is 20.1 Å². The van der Waals surface area contributed by atoms with E-state index in [9.17, 15) is 24.9 Å². The number of β-lactam (4-membered cyclic amide) rings is 1. The first-order chi connectivity index (χ1) is 12.8. The van der Waals surface area contributed by atoms with Gasteiger partial charge in [0.15, 0.2) is 0 Å². The van der Waals surface area contributed by atoms with E-state index < -0.39 is 24.1 Å². The summed E-state index contributed by atoms with van der Waals surface area (Å²) >= 11 is 1.50. The lowest BCUT2D eigenvalue weighted by Crippen LogP contribution is -2.63. The number of nitrogens with zero attached hydrogens (tertiary/aromatic N) is 1. The van der Waals surface area contributed by atoms with Gasteiger partial charge in [0.2, 0.25) is 5.91 Å². The second-order valence-corrected chi connectivity index (χ2v) is 9.06. The summed E-state index contributed by atoms with van der Waals surface area (Å²) < 4.78 is 0. The van der Waals surface area contributed by atoms with Crippen LogP contribution in [-0.4, -0.2) is 81.8 Å². The normalized spacial score (nSPS) is 35.2. The summed E-state index contributed by atoms with van der Waals surface area (Å²) in [4.78, 5) is 26.3. The Morgan fingerprint density at radius 1 is 1.44 bits per heavy atom. The molecule has 2 fully saturated rings. The number of aliphatic hydroxyl groups excluding tert-OH is 2. The molecule has 2 saturated heterocycles. The quantitative estimate of drug-likeness (QED) is 0.349. The molecule has 1 amide bonds. The molecular weight excluding hydrogens is 370 g/mol. The van der Waals surface area contributed by atoms with Gasteiger partial charge in [-0.3, -0.25) is 4.79 Å². The van der Waals surface area contributed by atoms with Crippen molar-refractivity contribution in [3.8, 4) is 0 Å². The van der Waals surface area contributed by atoms with Crippen LogP contribution in [0.2, 0.25) is 0 Å². The summed E-state index contributed by atoms with van der Waals surface area (Å²) in [5, 5.41) is 36.4. The summed E-state index contributed by atoms with van der Waals surface area (Å²) in [6.07, 6.45) is 0.168. The topological polar surface area (TPSA) is 122 Å². The number of amides is 1. The zero-order valence-electron chi connectivity index (χ0n) is 15.9. The molecule has 0 spiro atoms. The zero-order chi connectivity index (χ0) is 19.9. The number of thioether (sulfide) groups is 1. The van der Waals surface area contributed by atoms with Gasteiger partial charge >= 0.3 is 5.97 Å². The van der Waals surface area contributed by atoms with Crippen LogP contribution in [-0.2, 0) is 9.59 Å². The van der Waals surface area contributed by atoms with Gasteiger partial charge in [-0.2, -0.15) is 0 Å². The van der Waals surface area contributed by atoms with Crippen LogP contribution in [0.4, 0.5) is 0 Å². The molecule has 152 valence electrons. The molecule has 0 aromatic rings. The first-order valence-electron chi connectivity index (χ1n) is 9.49. The van der Waals surface area contributed by atoms with E-state index >= 15 is 0 Å². The van der Waals surface area contributed by atoms with Crippen LogP contribution < -0.4 is 10.6 Å². The molecule has 3 aliphatic rings. The standard InChI is InChI=1S/C18H29N3O5S/c1-8-14-13(9(2)22)17(24)21(14)15(18(25)26)16(8)27-10-6-11(20-7-10)12(23)4-5-19-3/h8-14,19-20,22-23H,4-7H2,1-3H3,(H,25,26)/t8-,9?,10+,11+,12?,13-,14-/m1/s1. The Balaban J connectivity index is 1.71. The lowest BCUT2D eigenvalue weighted by molar-refractivity contribution is -0.163. The van der Waals surface area contributed by atoms with E-state index in [1.54, 1.807) is 6.92 Å². The van der Waals surface area contributed by atoms with Gasteiger partial charge in [-0.15, -0.1) is 11.8 Å². The maximum absolute atomic E-state index is 12.4. The van der Waals surface area contributed by atoms with Crippen molar-refractivity contribution in [3.63, 3.8) is 0 Å². The third-order valence-corrected chi connectivity index (χ3v) is 7.40. The Bertz CT molecular complexity index is 640. The van der Waals surface area contributed by atoms with Gasteiger partial charge in [0, 0.05) is 28.7 Å². The van der Waals surface area contributed by atoms with Crippen LogP contribution >= 0.6 is 11.8 Å². The van der Waals surface area contributed by atoms with Crippen LogP contribution in [0.25, 0.3) is 0 Å². The third-order valence-electron chi connectivity index (χ3n) is 5.88. The Hall–Kier alpha value is -1.13. The molecule has 8 nitrogen and oxygen atoms in total. The zero-order valence-corrected chi connectivity index (χ0v) is 16.7. The fraction of sp³-hybridized carbons (Fsp3) is 0.778. The molecule has 0 aromatic carbocycles. The fourth-order valence-corrected chi connectivity index (χ4v) is 5.96. The molecule has 27 heavy (non-hydrogen) atoms. The van der Waals surface area contributed by atoms with E-state index in [1.807, 2.05) is 14.0 Å². The smallest absolute Gasteiger partial charge is 0.353 e. The van der Waals surface area contributed by atoms with Crippen molar-refractivity contribution in [2.24, 2.45) is 11.8 Å². The average Bonchev–Trinajstić information content (AvgIpc) is 3.15. The summed E-state index contributed by atoms with van der Waals surface area (Å²) in [6.45, 7) is 4.94. The van der Waals surface area contributed by atoms with Gasteiger partial charge in [-0.05, 0) is 33.4 Å². The predicted molar refractivity (Wildman–Crippen MR) is 102 cm³/mol. The first-order valence-corrected chi connectivity index (χ1v) is 10.4. The Kier molecular flexibility index (Phi) is 6.17. The minimum Gasteiger partial charge on any atom is -0.477 e. The number of carbonyl (C=O) groups excluding carboxylic acids is 1. The first kappa shape index (κ1) is 20.6. The van der Waals surface area contributed by atoms with E-state index in [1.165, 1.54) is 16.7 Å². The second kappa shape index (κ2) is 8.08. The summed E-state index contributed by atoms with van der Waals surface area (Å²) in [5.41, 5.74) is 0.0681. The Morgan fingerprint density at radius 3 is 2.74 bits per heavy atom. The maximum atomic E-state index is 12.4. The average molecular weight is 400 g/mol. The van der Waals surface area contributed by atoms with Crippen LogP contribution in [0, 0.1) is 11.8 Å². The predicted octanol–water partition coefficient (Wildman–Crippen LogP) is -0.426. The largest absolute Gasteiger partial charge is 0.477 e. The van der Waals surface area contributed by atoms with Crippen molar-refractivity contribution in [3.05, 3.63) is 10.6 Å². The number of hydrogen-bond donors (Lipinski definition) is 5. The van der Waals surface area contributed by atoms with E-state index in [2.05, 4.69) is 10.6 Å². The van der Waals surface area contributed by atoms with E-state index in [4.69, 9.17) is 0 Å². The molecular formula is C18H29N3O5S. The highest BCUT2D eigenvalue weighted by molar-refractivity contribution is 8.03. The van der Waals surface area contributed by atoms with Crippen LogP contribution in [0.1, 0.15) is 26.7 Å². The van der Waals surface area contributed by atoms with Crippen LogP contribution in [0.15, 0.2) is 10.6 Å². The van der Waals surface area contributed by atoms with Gasteiger partial charge in [-0.1, -0.05) is 6.92 Å². The second-order valence-electron chi connectivity index (χ2n) is 7.72. The molecule has 0 radical (unpaired) electrons. The number of aliphatic carboxylic acids is 1. The molecule has 3 rings (SSSR count). The van der Waals surface area contributed by atoms with E-state index in [-0.39, 0.29) is 34.9 Å². The Morgan fingerprint density at radius 2 is 2.15 bits per heavy atom. The number of hydrogen-bond acceptors (Lipinski definition) is 7. The molecule has 0 aromatic heterocycles. The van der Waals surface area contributed by atoms with Gasteiger partial charge < -0.3 is 30.9 Å². The number of aliphatic hydroxyl groups is 2. The van der Waals surface area contributed by atoms with Crippen molar-refractivity contribution in [1.82, 2.24) is 15.5 Å². The highest BCUT2D eigenvalue weighted by Gasteiger charge is 2.60. The van der Waals surface area contributed by atoms with Crippen LogP contribution in [0.5, 0.6) is 0 Å². The summed E-state index contributed by atoms with van der Waals surface area (Å²) in [6, 6.07) is -0.289. The molecule has 3 aliphatic heterocycles. The van der Waals surface area contributed by atoms with Crippen molar-refractivity contribution in [1.29, 1.82) is 0 Å². The minimum atomic E-state index is -1.10. The van der Waals surface area contributed by atoms with Gasteiger partial charge in [-0.25, -0.2) is 4.79 Å². The van der Waals surface area contributed by atoms with Gasteiger partial charge in [0.1, 0.15) is 5.70 Å². The van der Waals surface area contributed by atoms with E-state index in [0.29, 0.717) is 17.9 Å². The molecule has 2 unspecified atom stereocenters. The van der Waals surface area contributed by atoms with Gasteiger partial charge in [0.25, 0.3) is 0 Å². The molecule has 9 heteroatoms. The SMILES string of the molecule is CNCCC(O)[C@@H]1C[C@H](SC2=C(C(=O)O)N3C(=O)[C@H](C(C)O)[C@H]3[C@H]2C)CN1. The number of rotatable bonds is 8. The maximum Gasteiger partial charge on any atom is 0.353 e. The van der Waals surface area contributed by atoms with Crippen molar-refractivity contribution in [2.45, 2.75) is 56.2 Å². The highest BCUT2D eigenvalue weighted by atomic mass is 32.2. The lowest BCUT2D eigenvalue weighted by Gasteiger charge is -2.46. The minimum absolute atomic E-state index is 0.00897. The fourth-order valence-electron chi connectivity index (χ4n) is 4.47. The number of carboxylic acids is 1. The highest BCUT2D eigenvalue weighted by Crippen LogP contribution is 2.51. The summed E-state index contributed by atoms with van der Waals surface area (Å²) in [5.74, 6) is -2.06. The van der Waals surface area contributed by atoms with Crippen LogP contribution in [0.3, 0.4) is 0 Å². The molecule has 5 N–H and O–H groups in total. The number of carbonyl (C=O) groups is 2. The number of fused-ring (bicyclic) bond motifs is 1. The molecule has 3 heterocycles. The molecule has 0 bridgehead atoms. The third kappa shape index (κ3) is 3.63. The molecule has 7 atom stereocenters. The van der Waals surface area contributed by atoms with E-state index in [0.717, 1.165) is 13.0 Å². The number of nitrogens with one attached hydrogen (secondary N) is 2. The number of carboxylic acid groups (broad SMARTS) is 1. The van der Waals surface area contributed by atoms with Crippen molar-refractivity contribution >= 4 is 23.6 Å². The monoisotopic (exact) mass is 399 g/mol. The lowest BCUT2D eigenvalue weighted by atomic mass is 9.79. The summed E-state index contributed by atoms with van der Waals surface area (Å²) in [7, 11) is 1.85. The van der Waals surface area contributed by atoms with Gasteiger partial charge in [0.05, 0.1) is 24.2 Å².